The summed E-state index contributed by atoms with van der Waals surface area (Å²) in [6, 6.07) is 12.9. The van der Waals surface area contributed by atoms with Gasteiger partial charge < -0.3 is 59.1 Å². The zero-order valence-electron chi connectivity index (χ0n) is 22.6. The van der Waals surface area contributed by atoms with Crippen LogP contribution in [0, 0.1) is 0 Å². The maximum absolute atomic E-state index is 10.4. The summed E-state index contributed by atoms with van der Waals surface area (Å²) < 4.78 is 33.0. The second kappa shape index (κ2) is 13.4. The molecule has 2 saturated heterocycles. The van der Waals surface area contributed by atoms with Crippen LogP contribution in [0.5, 0.6) is 17.2 Å². The Hall–Kier alpha value is -2.52. The number of hydrogen-bond donors (Lipinski definition) is 6. The zero-order chi connectivity index (χ0) is 29.0. The summed E-state index contributed by atoms with van der Waals surface area (Å²) in [5, 5.41) is 61.2. The third-order valence-electron chi connectivity index (χ3n) is 7.19. The van der Waals surface area contributed by atoms with Crippen LogP contribution in [0.4, 0.5) is 0 Å². The summed E-state index contributed by atoms with van der Waals surface area (Å²) in [5.74, 6) is 1.80. The Kier molecular flexibility index (Phi) is 10.2. The van der Waals surface area contributed by atoms with Crippen LogP contribution in [0.15, 0.2) is 42.5 Å². The highest BCUT2D eigenvalue weighted by Gasteiger charge is 2.47. The van der Waals surface area contributed by atoms with Gasteiger partial charge in [-0.05, 0) is 55.2 Å². The van der Waals surface area contributed by atoms with Crippen LogP contribution in [0.25, 0.3) is 0 Å². The monoisotopic (exact) mass is 566 g/mol. The van der Waals surface area contributed by atoms with Gasteiger partial charge in [-0.3, -0.25) is 0 Å². The van der Waals surface area contributed by atoms with E-state index in [0.29, 0.717) is 17.2 Å². The van der Waals surface area contributed by atoms with E-state index in [0.717, 1.165) is 24.0 Å². The fourth-order valence-electron chi connectivity index (χ4n) is 4.66. The number of rotatable bonds is 10. The molecular formula is C28H38O12. The van der Waals surface area contributed by atoms with E-state index >= 15 is 0 Å². The SMILES string of the molecule is COc1cc(CCc2ccc(OC3OC(COC4OC(C)C(O)C(O)C4O)C(O)C(O)C3O)cc2)cc(OC)c1. The zero-order valence-corrected chi connectivity index (χ0v) is 22.6. The fraction of sp³-hybridized carbons (Fsp3) is 0.571. The Morgan fingerprint density at radius 1 is 0.625 bits per heavy atom. The van der Waals surface area contributed by atoms with Crippen molar-refractivity contribution < 1.29 is 59.1 Å². The first-order valence-corrected chi connectivity index (χ1v) is 13.1. The topological polar surface area (TPSA) is 177 Å². The first-order valence-electron chi connectivity index (χ1n) is 13.1. The largest absolute Gasteiger partial charge is 0.497 e. The quantitative estimate of drug-likeness (QED) is 0.218. The van der Waals surface area contributed by atoms with Gasteiger partial charge in [0.25, 0.3) is 0 Å². The molecule has 4 rings (SSSR count). The molecule has 0 spiro atoms. The van der Waals surface area contributed by atoms with E-state index in [1.165, 1.54) is 6.92 Å². The molecule has 2 heterocycles. The number of aliphatic hydroxyl groups is 6. The van der Waals surface area contributed by atoms with Crippen molar-refractivity contribution in [1.82, 2.24) is 0 Å². The van der Waals surface area contributed by atoms with Crippen molar-refractivity contribution in [1.29, 1.82) is 0 Å². The van der Waals surface area contributed by atoms with Gasteiger partial charge in [-0.1, -0.05) is 12.1 Å². The van der Waals surface area contributed by atoms with E-state index in [2.05, 4.69) is 0 Å². The van der Waals surface area contributed by atoms with Gasteiger partial charge in [0.05, 0.1) is 26.9 Å². The maximum Gasteiger partial charge on any atom is 0.229 e. The van der Waals surface area contributed by atoms with E-state index in [1.807, 2.05) is 30.3 Å². The van der Waals surface area contributed by atoms with Crippen LogP contribution in [0.1, 0.15) is 18.1 Å². The Bertz CT molecular complexity index is 1060. The predicted molar refractivity (Wildman–Crippen MR) is 139 cm³/mol. The Morgan fingerprint density at radius 3 is 1.82 bits per heavy atom. The van der Waals surface area contributed by atoms with Crippen molar-refractivity contribution in [3.05, 3.63) is 53.6 Å². The van der Waals surface area contributed by atoms with E-state index in [1.54, 1.807) is 26.4 Å². The van der Waals surface area contributed by atoms with Crippen molar-refractivity contribution in [3.63, 3.8) is 0 Å². The number of hydrogen-bond acceptors (Lipinski definition) is 12. The van der Waals surface area contributed by atoms with E-state index in [9.17, 15) is 30.6 Å². The lowest BCUT2D eigenvalue weighted by Crippen LogP contribution is -2.61. The van der Waals surface area contributed by atoms with Crippen molar-refractivity contribution in [2.24, 2.45) is 0 Å². The molecule has 0 radical (unpaired) electrons. The molecule has 222 valence electrons. The minimum Gasteiger partial charge on any atom is -0.497 e. The number of aryl methyl sites for hydroxylation is 2. The molecule has 10 unspecified atom stereocenters. The van der Waals surface area contributed by atoms with E-state index in [-0.39, 0.29) is 6.61 Å². The van der Waals surface area contributed by atoms with Crippen LogP contribution in [-0.2, 0) is 27.1 Å². The molecule has 0 amide bonds. The molecule has 0 saturated carbocycles. The van der Waals surface area contributed by atoms with Crippen LogP contribution in [0.3, 0.4) is 0 Å². The summed E-state index contributed by atoms with van der Waals surface area (Å²) in [6.45, 7) is 1.14. The number of aliphatic hydroxyl groups excluding tert-OH is 6. The molecule has 0 aliphatic carbocycles. The summed E-state index contributed by atoms with van der Waals surface area (Å²) in [4.78, 5) is 0. The second-order valence-electron chi connectivity index (χ2n) is 10.0. The molecule has 12 heteroatoms. The highest BCUT2D eigenvalue weighted by atomic mass is 16.7. The van der Waals surface area contributed by atoms with Gasteiger partial charge in [0.2, 0.25) is 6.29 Å². The molecule has 12 nitrogen and oxygen atoms in total. The molecule has 2 aromatic rings. The number of methoxy groups -OCH3 is 2. The van der Waals surface area contributed by atoms with Gasteiger partial charge >= 0.3 is 0 Å². The molecule has 6 N–H and O–H groups in total. The average Bonchev–Trinajstić information content (AvgIpc) is 2.97. The van der Waals surface area contributed by atoms with Gasteiger partial charge in [-0.25, -0.2) is 0 Å². The second-order valence-corrected chi connectivity index (χ2v) is 10.0. The van der Waals surface area contributed by atoms with Crippen molar-refractivity contribution in [2.75, 3.05) is 20.8 Å². The lowest BCUT2D eigenvalue weighted by atomic mass is 9.98. The molecule has 2 aliphatic heterocycles. The van der Waals surface area contributed by atoms with Crippen LogP contribution < -0.4 is 14.2 Å². The van der Waals surface area contributed by atoms with E-state index in [4.69, 9.17) is 28.4 Å². The smallest absolute Gasteiger partial charge is 0.229 e. The third kappa shape index (κ3) is 7.03. The number of benzene rings is 2. The maximum atomic E-state index is 10.4. The molecule has 2 aromatic carbocycles. The Labute approximate surface area is 232 Å². The lowest BCUT2D eigenvalue weighted by Gasteiger charge is -2.42. The Balaban J connectivity index is 1.33. The standard InChI is InChI=1S/C28H38O12/c1-14-21(29)23(31)25(33)27(38-14)37-13-20-22(30)24(32)26(34)28(40-20)39-17-8-6-15(7-9-17)4-5-16-10-18(35-2)12-19(11-16)36-3/h6-12,14,20-34H,4-5,13H2,1-3H3. The first kappa shape index (κ1) is 30.4. The summed E-state index contributed by atoms with van der Waals surface area (Å²) in [7, 11) is 3.21. The molecule has 10 atom stereocenters. The van der Waals surface area contributed by atoms with Crippen molar-refractivity contribution >= 4 is 0 Å². The third-order valence-corrected chi connectivity index (χ3v) is 7.19. The minimum atomic E-state index is -1.60. The van der Waals surface area contributed by atoms with Crippen LogP contribution in [0.2, 0.25) is 0 Å². The van der Waals surface area contributed by atoms with E-state index < -0.39 is 61.4 Å². The lowest BCUT2D eigenvalue weighted by molar-refractivity contribution is -0.318. The molecule has 0 bridgehead atoms. The predicted octanol–water partition coefficient (Wildman–Crippen LogP) is -0.480. The molecule has 2 aliphatic rings. The van der Waals surface area contributed by atoms with Gasteiger partial charge in [0, 0.05) is 6.07 Å². The van der Waals surface area contributed by atoms with Gasteiger partial charge in [0.15, 0.2) is 6.29 Å². The van der Waals surface area contributed by atoms with Crippen LogP contribution in [-0.4, -0.2) is 113 Å². The number of ether oxygens (including phenoxy) is 6. The van der Waals surface area contributed by atoms with Crippen molar-refractivity contribution in [2.45, 2.75) is 81.2 Å². The molecule has 0 aromatic heterocycles. The summed E-state index contributed by atoms with van der Waals surface area (Å²) >= 11 is 0. The van der Waals surface area contributed by atoms with Gasteiger partial charge in [0.1, 0.15) is 60.0 Å². The average molecular weight is 567 g/mol. The van der Waals surface area contributed by atoms with Gasteiger partial charge in [-0.2, -0.15) is 0 Å². The normalized spacial score (nSPS) is 34.3. The van der Waals surface area contributed by atoms with Crippen LogP contribution >= 0.6 is 0 Å². The van der Waals surface area contributed by atoms with Gasteiger partial charge in [-0.15, -0.1) is 0 Å². The minimum absolute atomic E-state index is 0.365. The Morgan fingerprint density at radius 2 is 1.20 bits per heavy atom. The molecule has 2 fully saturated rings. The summed E-state index contributed by atoms with van der Waals surface area (Å²) in [5.41, 5.74) is 2.09. The summed E-state index contributed by atoms with van der Waals surface area (Å²) in [6.07, 6.45) is -12.1. The molecular weight excluding hydrogens is 528 g/mol. The highest BCUT2D eigenvalue weighted by Crippen LogP contribution is 2.28. The fourth-order valence-corrected chi connectivity index (χ4v) is 4.66. The molecule has 40 heavy (non-hydrogen) atoms. The highest BCUT2D eigenvalue weighted by molar-refractivity contribution is 5.39. The first-order chi connectivity index (χ1) is 19.1. The van der Waals surface area contributed by atoms with Crippen molar-refractivity contribution in [3.8, 4) is 17.2 Å².